The molecule has 1 aromatic heterocycles. The first-order chi connectivity index (χ1) is 11.1. The molecule has 0 aliphatic rings. The van der Waals surface area contributed by atoms with Gasteiger partial charge in [-0.2, -0.15) is 0 Å². The fourth-order valence-corrected chi connectivity index (χ4v) is 2.70. The summed E-state index contributed by atoms with van der Waals surface area (Å²) in [5, 5.41) is 7.46. The largest absolute Gasteiger partial charge is 0.366 e. The minimum absolute atomic E-state index is 0. The Morgan fingerprint density at radius 3 is 2.79 bits per heavy atom. The topological polar surface area (TPSA) is 92.4 Å². The number of aryl methyl sites for hydroxylation is 1. The number of thiazole rings is 1. The number of carbonyl (C=O) groups excluding carboxylic acids is 1. The molecule has 0 aliphatic heterocycles. The Morgan fingerprint density at radius 2 is 2.17 bits per heavy atom. The Hall–Kier alpha value is -1.68. The second kappa shape index (κ2) is 10.2. The van der Waals surface area contributed by atoms with Crippen molar-refractivity contribution in [3.05, 3.63) is 51.5 Å². The molecule has 130 valence electrons. The molecular formula is C16H22IN5OS. The highest BCUT2D eigenvalue weighted by atomic mass is 127. The summed E-state index contributed by atoms with van der Waals surface area (Å²) in [6.07, 6.45) is 1.86. The van der Waals surface area contributed by atoms with Crippen LogP contribution in [0.25, 0.3) is 0 Å². The number of aliphatic imine (C=N–C) groups is 1. The van der Waals surface area contributed by atoms with Crippen molar-refractivity contribution in [3.63, 3.8) is 0 Å². The van der Waals surface area contributed by atoms with Gasteiger partial charge < -0.3 is 16.4 Å². The van der Waals surface area contributed by atoms with Gasteiger partial charge in [-0.3, -0.25) is 4.79 Å². The normalized spacial score (nSPS) is 10.8. The summed E-state index contributed by atoms with van der Waals surface area (Å²) < 4.78 is 0. The van der Waals surface area contributed by atoms with Crippen molar-refractivity contribution in [3.8, 4) is 0 Å². The fraction of sp³-hybridized carbons (Fsp3) is 0.312. The number of carbonyl (C=O) groups is 1. The van der Waals surface area contributed by atoms with Gasteiger partial charge in [0, 0.05) is 23.2 Å². The average Bonchev–Trinajstić information content (AvgIpc) is 2.96. The van der Waals surface area contributed by atoms with E-state index < -0.39 is 5.91 Å². The predicted molar refractivity (Wildman–Crippen MR) is 109 cm³/mol. The summed E-state index contributed by atoms with van der Waals surface area (Å²) in [6.45, 7) is 5.91. The van der Waals surface area contributed by atoms with E-state index in [1.165, 1.54) is 4.88 Å². The first-order valence-electron chi connectivity index (χ1n) is 7.40. The number of hydrogen-bond acceptors (Lipinski definition) is 4. The van der Waals surface area contributed by atoms with Crippen LogP contribution >= 0.6 is 35.3 Å². The number of nitrogens with two attached hydrogens (primary N) is 1. The zero-order chi connectivity index (χ0) is 16.7. The van der Waals surface area contributed by atoms with Gasteiger partial charge in [-0.1, -0.05) is 12.1 Å². The molecule has 2 rings (SSSR count). The molecule has 0 saturated heterocycles. The molecule has 24 heavy (non-hydrogen) atoms. The monoisotopic (exact) mass is 459 g/mol. The average molecular weight is 459 g/mol. The maximum atomic E-state index is 11.2. The molecule has 0 aliphatic carbocycles. The van der Waals surface area contributed by atoms with Crippen LogP contribution in [0.3, 0.4) is 0 Å². The Bertz CT molecular complexity index is 701. The molecule has 1 heterocycles. The highest BCUT2D eigenvalue weighted by molar-refractivity contribution is 14.0. The number of amides is 1. The minimum atomic E-state index is -0.431. The summed E-state index contributed by atoms with van der Waals surface area (Å²) in [4.78, 5) is 21.2. The van der Waals surface area contributed by atoms with Gasteiger partial charge in [-0.15, -0.1) is 35.3 Å². The molecule has 0 saturated carbocycles. The van der Waals surface area contributed by atoms with Crippen LogP contribution in [-0.4, -0.2) is 23.4 Å². The summed E-state index contributed by atoms with van der Waals surface area (Å²) in [7, 11) is 0. The first-order valence-corrected chi connectivity index (χ1v) is 8.22. The van der Waals surface area contributed by atoms with Crippen LogP contribution in [0.1, 0.15) is 32.7 Å². The van der Waals surface area contributed by atoms with Crippen LogP contribution in [0, 0.1) is 6.92 Å². The number of guanidine groups is 1. The standard InChI is InChI=1S/C16H21N5OS.HI/c1-3-18-16(21-10-14-19-8-11(2)23-14)20-9-12-5-4-6-13(7-12)15(17)22;/h4-8H,3,9-10H2,1-2H3,(H2,17,22)(H2,18,20,21);1H. The minimum Gasteiger partial charge on any atom is -0.366 e. The van der Waals surface area contributed by atoms with E-state index in [0.717, 1.165) is 17.1 Å². The number of benzene rings is 1. The van der Waals surface area contributed by atoms with Crippen molar-refractivity contribution in [2.45, 2.75) is 26.9 Å². The molecule has 0 atom stereocenters. The number of primary amides is 1. The van der Waals surface area contributed by atoms with Crippen molar-refractivity contribution >= 4 is 47.2 Å². The number of nitrogens with zero attached hydrogens (tertiary/aromatic N) is 2. The summed E-state index contributed by atoms with van der Waals surface area (Å²) >= 11 is 1.66. The van der Waals surface area contributed by atoms with Gasteiger partial charge in [-0.25, -0.2) is 9.98 Å². The van der Waals surface area contributed by atoms with Crippen LogP contribution in [0.2, 0.25) is 0 Å². The van der Waals surface area contributed by atoms with E-state index in [9.17, 15) is 4.79 Å². The Labute approximate surface area is 163 Å². The van der Waals surface area contributed by atoms with Gasteiger partial charge in [0.1, 0.15) is 5.01 Å². The molecule has 1 aromatic carbocycles. The third kappa shape index (κ3) is 6.44. The summed E-state index contributed by atoms with van der Waals surface area (Å²) in [6, 6.07) is 7.19. The van der Waals surface area contributed by atoms with Crippen molar-refractivity contribution < 1.29 is 4.79 Å². The maximum absolute atomic E-state index is 11.2. The molecule has 0 fully saturated rings. The van der Waals surface area contributed by atoms with E-state index in [1.807, 2.05) is 32.2 Å². The van der Waals surface area contributed by atoms with Crippen LogP contribution in [0.5, 0.6) is 0 Å². The van der Waals surface area contributed by atoms with Gasteiger partial charge in [0.05, 0.1) is 13.1 Å². The number of hydrogen-bond donors (Lipinski definition) is 3. The van der Waals surface area contributed by atoms with E-state index in [2.05, 4.69) is 20.6 Å². The molecule has 0 radical (unpaired) electrons. The van der Waals surface area contributed by atoms with Crippen LogP contribution < -0.4 is 16.4 Å². The molecular weight excluding hydrogens is 437 g/mol. The maximum Gasteiger partial charge on any atom is 0.248 e. The Balaban J connectivity index is 0.00000288. The highest BCUT2D eigenvalue weighted by Gasteiger charge is 2.03. The zero-order valence-electron chi connectivity index (χ0n) is 13.7. The second-order valence-electron chi connectivity index (χ2n) is 4.98. The molecule has 0 bridgehead atoms. The van der Waals surface area contributed by atoms with Crippen molar-refractivity contribution in [1.29, 1.82) is 0 Å². The SMILES string of the molecule is CCNC(=NCc1cccc(C(N)=O)c1)NCc1ncc(C)s1.I. The van der Waals surface area contributed by atoms with Gasteiger partial charge in [0.2, 0.25) is 5.91 Å². The van der Waals surface area contributed by atoms with Gasteiger partial charge in [0.25, 0.3) is 0 Å². The summed E-state index contributed by atoms with van der Waals surface area (Å²) in [5.74, 6) is 0.282. The van der Waals surface area contributed by atoms with E-state index in [4.69, 9.17) is 5.73 Å². The third-order valence-electron chi connectivity index (χ3n) is 3.05. The van der Waals surface area contributed by atoms with Gasteiger partial charge >= 0.3 is 0 Å². The van der Waals surface area contributed by atoms with E-state index in [-0.39, 0.29) is 24.0 Å². The van der Waals surface area contributed by atoms with Crippen LogP contribution in [0.4, 0.5) is 0 Å². The van der Waals surface area contributed by atoms with E-state index in [1.54, 1.807) is 23.5 Å². The molecule has 1 amide bonds. The first kappa shape index (κ1) is 20.4. The zero-order valence-corrected chi connectivity index (χ0v) is 16.9. The third-order valence-corrected chi connectivity index (χ3v) is 3.96. The van der Waals surface area contributed by atoms with Gasteiger partial charge in [0.15, 0.2) is 5.96 Å². The Kier molecular flexibility index (Phi) is 8.69. The lowest BCUT2D eigenvalue weighted by Crippen LogP contribution is -2.36. The lowest BCUT2D eigenvalue weighted by molar-refractivity contribution is 0.1000. The lowest BCUT2D eigenvalue weighted by atomic mass is 10.1. The molecule has 4 N–H and O–H groups in total. The van der Waals surface area contributed by atoms with Crippen molar-refractivity contribution in [2.24, 2.45) is 10.7 Å². The molecule has 0 spiro atoms. The van der Waals surface area contributed by atoms with E-state index in [0.29, 0.717) is 24.6 Å². The smallest absolute Gasteiger partial charge is 0.248 e. The van der Waals surface area contributed by atoms with Crippen molar-refractivity contribution in [1.82, 2.24) is 15.6 Å². The van der Waals surface area contributed by atoms with Crippen molar-refractivity contribution in [2.75, 3.05) is 6.54 Å². The molecule has 6 nitrogen and oxygen atoms in total. The number of nitrogens with one attached hydrogen (secondary N) is 2. The number of halogens is 1. The fourth-order valence-electron chi connectivity index (χ4n) is 1.98. The van der Waals surface area contributed by atoms with Crippen LogP contribution in [-0.2, 0) is 13.1 Å². The second-order valence-corrected chi connectivity index (χ2v) is 6.30. The highest BCUT2D eigenvalue weighted by Crippen LogP contribution is 2.10. The lowest BCUT2D eigenvalue weighted by Gasteiger charge is -2.10. The van der Waals surface area contributed by atoms with Crippen LogP contribution in [0.15, 0.2) is 35.5 Å². The molecule has 2 aromatic rings. The van der Waals surface area contributed by atoms with Gasteiger partial charge in [-0.05, 0) is 31.5 Å². The van der Waals surface area contributed by atoms with E-state index >= 15 is 0 Å². The quantitative estimate of drug-likeness (QED) is 0.352. The molecule has 8 heteroatoms. The number of rotatable bonds is 6. The Morgan fingerprint density at radius 1 is 1.38 bits per heavy atom. The summed E-state index contributed by atoms with van der Waals surface area (Å²) in [5.41, 5.74) is 6.72. The molecule has 0 unspecified atom stereocenters. The predicted octanol–water partition coefficient (Wildman–Crippen LogP) is 2.42. The number of aromatic nitrogens is 1.